The highest BCUT2D eigenvalue weighted by atomic mass is 35.5. The number of carbonyl (C=O) groups is 1. The van der Waals surface area contributed by atoms with Crippen LogP contribution in [0, 0.1) is 0 Å². The lowest BCUT2D eigenvalue weighted by molar-refractivity contribution is -0.119. The number of rotatable bonds is 3. The zero-order chi connectivity index (χ0) is 14.7. The topological polar surface area (TPSA) is 46.3 Å². The zero-order valence-electron chi connectivity index (χ0n) is 11.5. The van der Waals surface area contributed by atoms with Crippen molar-refractivity contribution in [1.82, 2.24) is 0 Å². The van der Waals surface area contributed by atoms with Gasteiger partial charge < -0.3 is 10.6 Å². The van der Waals surface area contributed by atoms with Crippen molar-refractivity contribution in [3.8, 4) is 0 Å². The summed E-state index contributed by atoms with van der Waals surface area (Å²) in [7, 11) is 1.71. The van der Waals surface area contributed by atoms with Gasteiger partial charge in [0.2, 0.25) is 5.91 Å². The summed E-state index contributed by atoms with van der Waals surface area (Å²) in [5, 5.41) is 0.557. The van der Waals surface area contributed by atoms with E-state index in [0.29, 0.717) is 16.4 Å². The molecule has 104 valence electrons. The Morgan fingerprint density at radius 1 is 1.20 bits per heavy atom. The standard InChI is InChI=1S/C16H17ClN2O/c1-11(12-6-4-3-5-7-12)16(20)19(2)15-10-13(17)8-9-14(15)18/h3-11H,18H2,1-2H3. The molecule has 0 radical (unpaired) electrons. The zero-order valence-corrected chi connectivity index (χ0v) is 12.3. The number of nitrogens with two attached hydrogens (primary N) is 1. The summed E-state index contributed by atoms with van der Waals surface area (Å²) in [6.45, 7) is 1.88. The fourth-order valence-corrected chi connectivity index (χ4v) is 2.27. The maximum atomic E-state index is 12.5. The van der Waals surface area contributed by atoms with Gasteiger partial charge in [0.1, 0.15) is 0 Å². The molecule has 2 aromatic carbocycles. The van der Waals surface area contributed by atoms with E-state index < -0.39 is 0 Å². The molecule has 2 rings (SSSR count). The normalized spacial score (nSPS) is 11.9. The molecule has 0 saturated heterocycles. The molecule has 0 saturated carbocycles. The molecule has 0 spiro atoms. The summed E-state index contributed by atoms with van der Waals surface area (Å²) >= 11 is 5.97. The minimum absolute atomic E-state index is 0.0230. The van der Waals surface area contributed by atoms with Gasteiger partial charge in [-0.05, 0) is 30.7 Å². The van der Waals surface area contributed by atoms with Gasteiger partial charge in [0.25, 0.3) is 0 Å². The molecule has 0 aliphatic heterocycles. The summed E-state index contributed by atoms with van der Waals surface area (Å²) in [5.41, 5.74) is 8.05. The number of amides is 1. The van der Waals surface area contributed by atoms with Crippen molar-refractivity contribution in [2.24, 2.45) is 0 Å². The van der Waals surface area contributed by atoms with Gasteiger partial charge in [0, 0.05) is 12.1 Å². The van der Waals surface area contributed by atoms with Crippen LogP contribution in [0.25, 0.3) is 0 Å². The SMILES string of the molecule is CC(C(=O)N(C)c1cc(Cl)ccc1N)c1ccccc1. The predicted molar refractivity (Wildman–Crippen MR) is 84.1 cm³/mol. The number of anilines is 2. The number of carbonyl (C=O) groups excluding carboxylic acids is 1. The van der Waals surface area contributed by atoms with E-state index in [2.05, 4.69) is 0 Å². The van der Waals surface area contributed by atoms with Crippen LogP contribution in [0.5, 0.6) is 0 Å². The maximum absolute atomic E-state index is 12.5. The minimum atomic E-state index is -0.236. The highest BCUT2D eigenvalue weighted by Crippen LogP contribution is 2.28. The molecule has 2 N–H and O–H groups in total. The Labute approximate surface area is 124 Å². The van der Waals surface area contributed by atoms with Crippen LogP contribution < -0.4 is 10.6 Å². The van der Waals surface area contributed by atoms with Gasteiger partial charge in [0.05, 0.1) is 17.3 Å². The first kappa shape index (κ1) is 14.4. The van der Waals surface area contributed by atoms with Crippen LogP contribution in [0.3, 0.4) is 0 Å². The number of hydrogen-bond acceptors (Lipinski definition) is 2. The molecular weight excluding hydrogens is 272 g/mol. The summed E-state index contributed by atoms with van der Waals surface area (Å²) < 4.78 is 0. The number of halogens is 1. The Morgan fingerprint density at radius 3 is 2.50 bits per heavy atom. The van der Waals surface area contributed by atoms with Crippen molar-refractivity contribution >= 4 is 28.9 Å². The average Bonchev–Trinajstić information content (AvgIpc) is 2.48. The molecule has 1 unspecified atom stereocenters. The Morgan fingerprint density at radius 2 is 1.85 bits per heavy atom. The van der Waals surface area contributed by atoms with Crippen molar-refractivity contribution in [2.45, 2.75) is 12.8 Å². The third-order valence-corrected chi connectivity index (χ3v) is 3.59. The van der Waals surface area contributed by atoms with Crippen molar-refractivity contribution in [1.29, 1.82) is 0 Å². The van der Waals surface area contributed by atoms with Crippen molar-refractivity contribution in [3.05, 3.63) is 59.1 Å². The second-order valence-corrected chi connectivity index (χ2v) is 5.17. The third kappa shape index (κ3) is 2.94. The van der Waals surface area contributed by atoms with E-state index in [0.717, 1.165) is 5.56 Å². The second kappa shape index (κ2) is 5.97. The molecule has 3 nitrogen and oxygen atoms in total. The fraction of sp³-hybridized carbons (Fsp3) is 0.188. The number of hydrogen-bond donors (Lipinski definition) is 1. The molecule has 20 heavy (non-hydrogen) atoms. The summed E-state index contributed by atoms with van der Waals surface area (Å²) in [6.07, 6.45) is 0. The van der Waals surface area contributed by atoms with Crippen molar-refractivity contribution in [2.75, 3.05) is 17.7 Å². The van der Waals surface area contributed by atoms with Crippen LogP contribution in [-0.4, -0.2) is 13.0 Å². The molecule has 0 aliphatic rings. The first-order valence-corrected chi connectivity index (χ1v) is 6.76. The van der Waals surface area contributed by atoms with E-state index in [1.54, 1.807) is 30.1 Å². The molecule has 4 heteroatoms. The molecule has 0 heterocycles. The number of nitrogens with zero attached hydrogens (tertiary/aromatic N) is 1. The fourth-order valence-electron chi connectivity index (χ4n) is 2.10. The Hall–Kier alpha value is -2.00. The first-order chi connectivity index (χ1) is 9.50. The van der Waals surface area contributed by atoms with Gasteiger partial charge in [0.15, 0.2) is 0 Å². The van der Waals surface area contributed by atoms with Crippen LogP contribution >= 0.6 is 11.6 Å². The minimum Gasteiger partial charge on any atom is -0.397 e. The Kier molecular flexibility index (Phi) is 4.30. The largest absolute Gasteiger partial charge is 0.397 e. The monoisotopic (exact) mass is 288 g/mol. The third-order valence-electron chi connectivity index (χ3n) is 3.35. The average molecular weight is 289 g/mol. The highest BCUT2D eigenvalue weighted by Gasteiger charge is 2.21. The highest BCUT2D eigenvalue weighted by molar-refractivity contribution is 6.31. The summed E-state index contributed by atoms with van der Waals surface area (Å²) in [4.78, 5) is 14.1. The van der Waals surface area contributed by atoms with Crippen LogP contribution in [0.15, 0.2) is 48.5 Å². The van der Waals surface area contributed by atoms with E-state index in [1.807, 2.05) is 37.3 Å². The maximum Gasteiger partial charge on any atom is 0.234 e. The Balaban J connectivity index is 2.27. The molecule has 0 bridgehead atoms. The van der Waals surface area contributed by atoms with Gasteiger partial charge in [-0.25, -0.2) is 0 Å². The Bertz CT molecular complexity index is 613. The van der Waals surface area contributed by atoms with Gasteiger partial charge in [-0.3, -0.25) is 4.79 Å². The summed E-state index contributed by atoms with van der Waals surface area (Å²) in [5.74, 6) is -0.259. The van der Waals surface area contributed by atoms with Gasteiger partial charge in [-0.2, -0.15) is 0 Å². The van der Waals surface area contributed by atoms with E-state index in [-0.39, 0.29) is 11.8 Å². The molecule has 0 aliphatic carbocycles. The first-order valence-electron chi connectivity index (χ1n) is 6.38. The van der Waals surface area contributed by atoms with Gasteiger partial charge in [-0.1, -0.05) is 41.9 Å². The number of benzene rings is 2. The second-order valence-electron chi connectivity index (χ2n) is 4.73. The van der Waals surface area contributed by atoms with E-state index >= 15 is 0 Å². The molecule has 0 aromatic heterocycles. The van der Waals surface area contributed by atoms with Crippen LogP contribution in [0.4, 0.5) is 11.4 Å². The molecule has 0 fully saturated rings. The van der Waals surface area contributed by atoms with Crippen LogP contribution in [-0.2, 0) is 4.79 Å². The number of nitrogen functional groups attached to an aromatic ring is 1. The molecule has 1 amide bonds. The summed E-state index contributed by atoms with van der Waals surface area (Å²) in [6, 6.07) is 14.8. The quantitative estimate of drug-likeness (QED) is 0.876. The molecule has 1 atom stereocenters. The lowest BCUT2D eigenvalue weighted by Gasteiger charge is -2.23. The van der Waals surface area contributed by atoms with Crippen molar-refractivity contribution in [3.63, 3.8) is 0 Å². The smallest absolute Gasteiger partial charge is 0.234 e. The lowest BCUT2D eigenvalue weighted by atomic mass is 9.99. The molecule has 2 aromatic rings. The van der Waals surface area contributed by atoms with Crippen molar-refractivity contribution < 1.29 is 4.79 Å². The lowest BCUT2D eigenvalue weighted by Crippen LogP contribution is -2.31. The molecular formula is C16H17ClN2O. The van der Waals surface area contributed by atoms with E-state index in [1.165, 1.54) is 0 Å². The van der Waals surface area contributed by atoms with E-state index in [9.17, 15) is 4.79 Å². The number of likely N-dealkylation sites (N-methyl/N-ethyl adjacent to an activating group) is 1. The van der Waals surface area contributed by atoms with Crippen LogP contribution in [0.2, 0.25) is 5.02 Å². The van der Waals surface area contributed by atoms with E-state index in [4.69, 9.17) is 17.3 Å². The van der Waals surface area contributed by atoms with Gasteiger partial charge >= 0.3 is 0 Å². The predicted octanol–water partition coefficient (Wildman–Crippen LogP) is 3.69. The van der Waals surface area contributed by atoms with Gasteiger partial charge in [-0.15, -0.1) is 0 Å². The van der Waals surface area contributed by atoms with Crippen LogP contribution in [0.1, 0.15) is 18.4 Å².